The monoisotopic (exact) mass is 1320 g/mol. The van der Waals surface area contributed by atoms with E-state index in [-0.39, 0.29) is 25.7 Å². The lowest BCUT2D eigenvalue weighted by molar-refractivity contribution is -0.161. The molecule has 0 aliphatic rings. The summed E-state index contributed by atoms with van der Waals surface area (Å²) >= 11 is 0. The van der Waals surface area contributed by atoms with Gasteiger partial charge in [0.1, 0.15) is 19.3 Å². The van der Waals surface area contributed by atoms with Crippen LogP contribution >= 0.6 is 15.6 Å². The molecule has 6 atom stereocenters. The van der Waals surface area contributed by atoms with Crippen molar-refractivity contribution in [3.8, 4) is 0 Å². The van der Waals surface area contributed by atoms with Gasteiger partial charge < -0.3 is 33.8 Å². The molecular formula is C71H138O17P2. The highest BCUT2D eigenvalue weighted by Gasteiger charge is 2.30. The molecule has 0 saturated heterocycles. The predicted octanol–water partition coefficient (Wildman–Crippen LogP) is 20.4. The van der Waals surface area contributed by atoms with Crippen LogP contribution in [0.5, 0.6) is 0 Å². The van der Waals surface area contributed by atoms with Crippen LogP contribution in [0.15, 0.2) is 0 Å². The number of ether oxygens (including phenoxy) is 4. The van der Waals surface area contributed by atoms with Crippen molar-refractivity contribution in [3.05, 3.63) is 0 Å². The number of phosphoric acid groups is 2. The zero-order valence-electron chi connectivity index (χ0n) is 58.4. The number of hydrogen-bond acceptors (Lipinski definition) is 15. The zero-order chi connectivity index (χ0) is 66.5. The summed E-state index contributed by atoms with van der Waals surface area (Å²) in [7, 11) is -9.88. The second-order valence-electron chi connectivity index (χ2n) is 26.3. The number of esters is 4. The summed E-state index contributed by atoms with van der Waals surface area (Å²) in [4.78, 5) is 72.1. The number of carbonyl (C=O) groups is 4. The van der Waals surface area contributed by atoms with E-state index < -0.39 is 97.5 Å². The van der Waals surface area contributed by atoms with Crippen molar-refractivity contribution in [1.29, 1.82) is 0 Å². The van der Waals surface area contributed by atoms with Gasteiger partial charge in [-0.3, -0.25) is 37.3 Å². The fourth-order valence-corrected chi connectivity index (χ4v) is 12.3. The topological polar surface area (TPSA) is 237 Å². The lowest BCUT2D eigenvalue weighted by atomic mass is 9.99. The van der Waals surface area contributed by atoms with Crippen LogP contribution in [0.4, 0.5) is 0 Å². The molecule has 0 heterocycles. The summed E-state index contributed by atoms with van der Waals surface area (Å²) in [6.07, 6.45) is 49.2. The second-order valence-corrected chi connectivity index (χ2v) is 29.3. The van der Waals surface area contributed by atoms with Gasteiger partial charge in [0.15, 0.2) is 12.2 Å². The summed E-state index contributed by atoms with van der Waals surface area (Å²) < 4.78 is 67.9. The third-order valence-electron chi connectivity index (χ3n) is 16.8. The van der Waals surface area contributed by atoms with E-state index in [1.54, 1.807) is 0 Å². The van der Waals surface area contributed by atoms with E-state index in [2.05, 4.69) is 41.5 Å². The van der Waals surface area contributed by atoms with Crippen molar-refractivity contribution < 1.29 is 80.2 Å². The molecule has 0 aromatic carbocycles. The summed E-state index contributed by atoms with van der Waals surface area (Å²) in [5.41, 5.74) is 0. The molecule has 90 heavy (non-hydrogen) atoms. The standard InChI is InChI=1S/C71H138O17P2/c1-7-10-12-14-34-43-49-55-70(75)87-66(59-81-68(73)53-47-39-13-11-8-2)61-85-89(77,78)83-57-65(72)58-84-90(79,80)86-62-67(60-82-69(74)54-48-42-37-32-28-25-21-22-26-30-35-40-45-51-63(4)5)88-71(76)56-50-44-38-33-29-24-20-18-16-15-17-19-23-27-31-36-41-46-52-64(6)9-3/h63-67,72H,7-62H2,1-6H3,(H,77,78)(H,79,80)/t64?,65-,66+,67+/m0/s1. The van der Waals surface area contributed by atoms with Crippen LogP contribution in [0.1, 0.15) is 363 Å². The van der Waals surface area contributed by atoms with Gasteiger partial charge in [-0.05, 0) is 37.5 Å². The van der Waals surface area contributed by atoms with E-state index in [4.69, 9.17) is 37.0 Å². The molecule has 3 N–H and O–H groups in total. The van der Waals surface area contributed by atoms with Gasteiger partial charge in [-0.1, -0.05) is 311 Å². The number of aliphatic hydroxyl groups is 1. The Hall–Kier alpha value is -1.94. The number of carbonyl (C=O) groups excluding carboxylic acids is 4. The number of phosphoric ester groups is 2. The van der Waals surface area contributed by atoms with Crippen LogP contribution in [0.25, 0.3) is 0 Å². The summed E-state index contributed by atoms with van der Waals surface area (Å²) in [6, 6.07) is 0. The smallest absolute Gasteiger partial charge is 0.462 e. The van der Waals surface area contributed by atoms with Crippen LogP contribution < -0.4 is 0 Å². The lowest BCUT2D eigenvalue weighted by Gasteiger charge is -2.21. The molecule has 0 aromatic rings. The number of hydrogen-bond donors (Lipinski definition) is 3. The Labute approximate surface area is 549 Å². The molecule has 0 aliphatic heterocycles. The maximum Gasteiger partial charge on any atom is 0.472 e. The van der Waals surface area contributed by atoms with E-state index in [1.165, 1.54) is 161 Å². The number of rotatable bonds is 70. The van der Waals surface area contributed by atoms with Gasteiger partial charge in [-0.2, -0.15) is 0 Å². The molecule has 0 fully saturated rings. The van der Waals surface area contributed by atoms with E-state index in [1.807, 2.05) is 0 Å². The Morgan fingerprint density at radius 3 is 0.844 bits per heavy atom. The molecule has 0 aromatic heterocycles. The number of unbranched alkanes of at least 4 members (excludes halogenated alkanes) is 39. The first-order chi connectivity index (χ1) is 43.4. The quantitative estimate of drug-likeness (QED) is 0.0222. The van der Waals surface area contributed by atoms with Gasteiger partial charge in [-0.15, -0.1) is 0 Å². The fraction of sp³-hybridized carbons (Fsp3) is 0.944. The summed E-state index contributed by atoms with van der Waals surface area (Å²) in [5, 5.41) is 10.5. The molecule has 0 aliphatic carbocycles. The highest BCUT2D eigenvalue weighted by atomic mass is 31.2. The molecule has 3 unspecified atom stereocenters. The highest BCUT2D eigenvalue weighted by molar-refractivity contribution is 7.47. The summed E-state index contributed by atoms with van der Waals surface area (Å²) in [5.74, 6) is -0.478. The van der Waals surface area contributed by atoms with Crippen molar-refractivity contribution in [3.63, 3.8) is 0 Å². The highest BCUT2D eigenvalue weighted by Crippen LogP contribution is 2.45. The fourth-order valence-electron chi connectivity index (χ4n) is 10.7. The molecule has 19 heteroatoms. The van der Waals surface area contributed by atoms with E-state index in [0.717, 1.165) is 121 Å². The third-order valence-corrected chi connectivity index (χ3v) is 18.7. The molecule has 17 nitrogen and oxygen atoms in total. The molecule has 0 bridgehead atoms. The molecule has 0 rings (SSSR count). The van der Waals surface area contributed by atoms with E-state index >= 15 is 0 Å². The van der Waals surface area contributed by atoms with Gasteiger partial charge in [0.2, 0.25) is 0 Å². The van der Waals surface area contributed by atoms with E-state index in [0.29, 0.717) is 25.7 Å². The molecular weight excluding hydrogens is 1190 g/mol. The molecule has 0 amide bonds. The maximum absolute atomic E-state index is 13.0. The Kier molecular flexibility index (Phi) is 61.8. The molecule has 534 valence electrons. The average Bonchev–Trinajstić information content (AvgIpc) is 2.87. The largest absolute Gasteiger partial charge is 0.472 e. The van der Waals surface area contributed by atoms with Crippen LogP contribution in [-0.4, -0.2) is 96.7 Å². The Morgan fingerprint density at radius 2 is 0.567 bits per heavy atom. The normalized spacial score (nSPS) is 14.4. The second kappa shape index (κ2) is 63.1. The van der Waals surface area contributed by atoms with E-state index in [9.17, 15) is 43.2 Å². The average molecular weight is 1330 g/mol. The third kappa shape index (κ3) is 63.5. The van der Waals surface area contributed by atoms with Crippen LogP contribution in [-0.2, 0) is 65.4 Å². The molecule has 0 spiro atoms. The minimum Gasteiger partial charge on any atom is -0.462 e. The van der Waals surface area contributed by atoms with Gasteiger partial charge >= 0.3 is 39.5 Å². The van der Waals surface area contributed by atoms with Gasteiger partial charge in [0.05, 0.1) is 26.4 Å². The SMILES string of the molecule is CCCCCCCCCC(=O)O[C@H](COC(=O)CCCCCCC)COP(=O)(O)OC[C@H](O)COP(=O)(O)OC[C@@H](COC(=O)CCCCCCCCCCCCCCCC(C)C)OC(=O)CCCCCCCCCCCCCCCCCCCCC(C)CC. The first kappa shape index (κ1) is 88.1. The Morgan fingerprint density at radius 1 is 0.322 bits per heavy atom. The Bertz CT molecular complexity index is 1750. The van der Waals surface area contributed by atoms with Crippen LogP contribution in [0.2, 0.25) is 0 Å². The zero-order valence-corrected chi connectivity index (χ0v) is 60.2. The number of aliphatic hydroxyl groups excluding tert-OH is 1. The van der Waals surface area contributed by atoms with Gasteiger partial charge in [-0.25, -0.2) is 9.13 Å². The first-order valence-corrected chi connectivity index (χ1v) is 40.0. The lowest BCUT2D eigenvalue weighted by Crippen LogP contribution is -2.30. The first-order valence-electron chi connectivity index (χ1n) is 37.0. The molecule has 0 radical (unpaired) electrons. The maximum atomic E-state index is 13.0. The van der Waals surface area contributed by atoms with Crippen molar-refractivity contribution in [1.82, 2.24) is 0 Å². The van der Waals surface area contributed by atoms with Crippen LogP contribution in [0, 0.1) is 11.8 Å². The van der Waals surface area contributed by atoms with Gasteiger partial charge in [0, 0.05) is 25.7 Å². The van der Waals surface area contributed by atoms with Crippen molar-refractivity contribution in [2.24, 2.45) is 11.8 Å². The van der Waals surface area contributed by atoms with Crippen molar-refractivity contribution in [2.75, 3.05) is 39.6 Å². The molecule has 0 saturated carbocycles. The minimum atomic E-state index is -4.95. The van der Waals surface area contributed by atoms with Crippen molar-refractivity contribution >= 4 is 39.5 Å². The van der Waals surface area contributed by atoms with Crippen LogP contribution in [0.3, 0.4) is 0 Å². The Balaban J connectivity index is 5.07. The van der Waals surface area contributed by atoms with Crippen molar-refractivity contribution in [2.45, 2.75) is 381 Å². The minimum absolute atomic E-state index is 0.103. The predicted molar refractivity (Wildman–Crippen MR) is 363 cm³/mol. The summed E-state index contributed by atoms with van der Waals surface area (Å²) in [6.45, 7) is 9.50. The van der Waals surface area contributed by atoms with Gasteiger partial charge in [0.25, 0.3) is 0 Å².